The average Bonchev–Trinajstić information content (AvgIpc) is 2.75. The zero-order chi connectivity index (χ0) is 14.7. The highest BCUT2D eigenvalue weighted by atomic mass is 16.4. The molecule has 0 fully saturated rings. The van der Waals surface area contributed by atoms with Gasteiger partial charge in [-0.2, -0.15) is 5.10 Å². The van der Waals surface area contributed by atoms with Gasteiger partial charge in [-0.05, 0) is 43.2 Å². The van der Waals surface area contributed by atoms with Gasteiger partial charge in [-0.1, -0.05) is 6.07 Å². The number of hydrogen-bond acceptors (Lipinski definition) is 3. The summed E-state index contributed by atoms with van der Waals surface area (Å²) >= 11 is 0. The van der Waals surface area contributed by atoms with Crippen LogP contribution in [0.4, 0.5) is 5.69 Å². The van der Waals surface area contributed by atoms with E-state index in [0.717, 1.165) is 16.8 Å². The van der Waals surface area contributed by atoms with Crippen LogP contribution in [0.15, 0.2) is 30.5 Å². The molecule has 0 aliphatic rings. The molecule has 0 atom stereocenters. The molecule has 0 radical (unpaired) electrons. The number of hydrogen-bond donors (Lipinski definition) is 2. The van der Waals surface area contributed by atoms with E-state index >= 15 is 0 Å². The third-order valence-electron chi connectivity index (χ3n) is 2.67. The summed E-state index contributed by atoms with van der Waals surface area (Å²) in [5, 5.41) is 15.3. The number of amides is 1. The Morgan fingerprint density at radius 2 is 1.90 bits per heavy atom. The summed E-state index contributed by atoms with van der Waals surface area (Å²) < 4.78 is 1.29. The second kappa shape index (κ2) is 5.56. The molecule has 1 aromatic heterocycles. The molecule has 0 aliphatic carbocycles. The second-order valence-electron chi connectivity index (χ2n) is 4.63. The number of benzene rings is 1. The summed E-state index contributed by atoms with van der Waals surface area (Å²) in [7, 11) is 0. The van der Waals surface area contributed by atoms with Gasteiger partial charge in [-0.15, -0.1) is 0 Å². The van der Waals surface area contributed by atoms with Crippen molar-refractivity contribution < 1.29 is 14.7 Å². The van der Waals surface area contributed by atoms with Crippen molar-refractivity contribution in [3.63, 3.8) is 0 Å². The number of rotatable bonds is 4. The molecular formula is C14H15N3O3. The van der Waals surface area contributed by atoms with Crippen molar-refractivity contribution in [2.24, 2.45) is 0 Å². The minimum absolute atomic E-state index is 0.0275. The summed E-state index contributed by atoms with van der Waals surface area (Å²) in [5.41, 5.74) is 2.77. The van der Waals surface area contributed by atoms with Gasteiger partial charge in [-0.25, -0.2) is 4.79 Å². The molecule has 1 amide bonds. The fourth-order valence-electron chi connectivity index (χ4n) is 1.96. The van der Waals surface area contributed by atoms with Crippen molar-refractivity contribution in [1.82, 2.24) is 9.78 Å². The fraction of sp³-hybridized carbons (Fsp3) is 0.214. The third-order valence-corrected chi connectivity index (χ3v) is 2.67. The molecule has 1 heterocycles. The average molecular weight is 273 g/mol. The van der Waals surface area contributed by atoms with Crippen LogP contribution < -0.4 is 5.32 Å². The molecule has 2 aromatic rings. The first kappa shape index (κ1) is 13.8. The lowest BCUT2D eigenvalue weighted by Gasteiger charge is -2.07. The highest BCUT2D eigenvalue weighted by molar-refractivity contribution is 5.91. The number of aromatic carboxylic acids is 1. The molecule has 0 saturated heterocycles. The number of carboxylic acids is 1. The van der Waals surface area contributed by atoms with Gasteiger partial charge in [0.05, 0.1) is 0 Å². The smallest absolute Gasteiger partial charge is 0.356 e. The first-order chi connectivity index (χ1) is 9.44. The second-order valence-corrected chi connectivity index (χ2v) is 4.63. The van der Waals surface area contributed by atoms with Crippen LogP contribution in [0.25, 0.3) is 0 Å². The van der Waals surface area contributed by atoms with Crippen LogP contribution in [0.5, 0.6) is 0 Å². The lowest BCUT2D eigenvalue weighted by atomic mass is 10.1. The quantitative estimate of drug-likeness (QED) is 0.890. The number of anilines is 1. The maximum Gasteiger partial charge on any atom is 0.356 e. The molecule has 2 N–H and O–H groups in total. The van der Waals surface area contributed by atoms with Crippen molar-refractivity contribution >= 4 is 17.6 Å². The number of aromatic nitrogens is 2. The van der Waals surface area contributed by atoms with E-state index in [4.69, 9.17) is 5.11 Å². The van der Waals surface area contributed by atoms with Crippen molar-refractivity contribution in [3.8, 4) is 0 Å². The van der Waals surface area contributed by atoms with Crippen LogP contribution >= 0.6 is 0 Å². The summed E-state index contributed by atoms with van der Waals surface area (Å²) in [4.78, 5) is 22.6. The molecule has 6 nitrogen and oxygen atoms in total. The van der Waals surface area contributed by atoms with Crippen LogP contribution in [0.2, 0.25) is 0 Å². The van der Waals surface area contributed by atoms with E-state index in [0.29, 0.717) is 0 Å². The Morgan fingerprint density at radius 1 is 1.25 bits per heavy atom. The topological polar surface area (TPSA) is 84.2 Å². The molecule has 6 heteroatoms. The van der Waals surface area contributed by atoms with Crippen LogP contribution in [0.1, 0.15) is 21.6 Å². The van der Waals surface area contributed by atoms with Crippen molar-refractivity contribution in [2.45, 2.75) is 20.4 Å². The predicted octanol–water partition coefficient (Wildman–Crippen LogP) is 1.84. The van der Waals surface area contributed by atoms with E-state index in [9.17, 15) is 9.59 Å². The van der Waals surface area contributed by atoms with Crippen LogP contribution in [-0.2, 0) is 11.3 Å². The van der Waals surface area contributed by atoms with E-state index in [1.807, 2.05) is 32.0 Å². The summed E-state index contributed by atoms with van der Waals surface area (Å²) in [6.07, 6.45) is 1.46. The first-order valence-corrected chi connectivity index (χ1v) is 6.09. The molecular weight excluding hydrogens is 258 g/mol. The number of aryl methyl sites for hydroxylation is 2. The Hall–Kier alpha value is -2.63. The minimum atomic E-state index is -1.11. The summed E-state index contributed by atoms with van der Waals surface area (Å²) in [5.74, 6) is -1.37. The van der Waals surface area contributed by atoms with Gasteiger partial charge in [0.1, 0.15) is 6.54 Å². The Balaban J connectivity index is 2.03. The number of nitrogens with one attached hydrogen (secondary N) is 1. The lowest BCUT2D eigenvalue weighted by molar-refractivity contribution is -0.116. The maximum absolute atomic E-state index is 11.9. The number of nitrogens with zero attached hydrogens (tertiary/aromatic N) is 2. The van der Waals surface area contributed by atoms with E-state index in [2.05, 4.69) is 10.4 Å². The molecule has 0 aliphatic heterocycles. The summed E-state index contributed by atoms with van der Waals surface area (Å²) in [6.45, 7) is 3.88. The molecule has 1 aromatic carbocycles. The van der Waals surface area contributed by atoms with Crippen LogP contribution in [-0.4, -0.2) is 26.8 Å². The molecule has 2 rings (SSSR count). The standard InChI is InChI=1S/C14H15N3O3/c1-9-5-10(2)7-11(6-9)15-13(18)8-17-4-3-12(16-17)14(19)20/h3-7H,8H2,1-2H3,(H,15,18)(H,19,20). The number of carboxylic acid groups (broad SMARTS) is 1. The minimum Gasteiger partial charge on any atom is -0.476 e. The molecule has 104 valence electrons. The lowest BCUT2D eigenvalue weighted by Crippen LogP contribution is -2.19. The van der Waals surface area contributed by atoms with Gasteiger partial charge in [0.25, 0.3) is 0 Å². The molecule has 20 heavy (non-hydrogen) atoms. The Kier molecular flexibility index (Phi) is 3.84. The van der Waals surface area contributed by atoms with Gasteiger partial charge in [-0.3, -0.25) is 9.48 Å². The van der Waals surface area contributed by atoms with Crippen LogP contribution in [0, 0.1) is 13.8 Å². The van der Waals surface area contributed by atoms with Gasteiger partial charge in [0.15, 0.2) is 5.69 Å². The van der Waals surface area contributed by atoms with E-state index < -0.39 is 5.97 Å². The van der Waals surface area contributed by atoms with Crippen molar-refractivity contribution in [3.05, 3.63) is 47.3 Å². The monoisotopic (exact) mass is 273 g/mol. The first-order valence-electron chi connectivity index (χ1n) is 6.09. The van der Waals surface area contributed by atoms with E-state index in [1.54, 1.807) is 0 Å². The molecule has 0 saturated carbocycles. The van der Waals surface area contributed by atoms with E-state index in [-0.39, 0.29) is 18.1 Å². The van der Waals surface area contributed by atoms with Crippen LogP contribution in [0.3, 0.4) is 0 Å². The highest BCUT2D eigenvalue weighted by Gasteiger charge is 2.09. The van der Waals surface area contributed by atoms with Crippen molar-refractivity contribution in [1.29, 1.82) is 0 Å². The largest absolute Gasteiger partial charge is 0.476 e. The number of carbonyl (C=O) groups is 2. The van der Waals surface area contributed by atoms with Gasteiger partial charge >= 0.3 is 5.97 Å². The zero-order valence-corrected chi connectivity index (χ0v) is 11.3. The molecule has 0 bridgehead atoms. The fourth-order valence-corrected chi connectivity index (χ4v) is 1.96. The predicted molar refractivity (Wildman–Crippen MR) is 73.7 cm³/mol. The SMILES string of the molecule is Cc1cc(C)cc(NC(=O)Cn2ccc(C(=O)O)n2)c1. The molecule has 0 spiro atoms. The third kappa shape index (κ3) is 3.44. The summed E-state index contributed by atoms with van der Waals surface area (Å²) in [6, 6.07) is 7.11. The Morgan fingerprint density at radius 3 is 2.45 bits per heavy atom. The molecule has 0 unspecified atom stereocenters. The maximum atomic E-state index is 11.9. The Labute approximate surface area is 116 Å². The Bertz CT molecular complexity index is 641. The number of carbonyl (C=O) groups excluding carboxylic acids is 1. The highest BCUT2D eigenvalue weighted by Crippen LogP contribution is 2.13. The van der Waals surface area contributed by atoms with Gasteiger partial charge < -0.3 is 10.4 Å². The van der Waals surface area contributed by atoms with Gasteiger partial charge in [0.2, 0.25) is 5.91 Å². The normalized spacial score (nSPS) is 10.3. The van der Waals surface area contributed by atoms with Gasteiger partial charge in [0, 0.05) is 11.9 Å². The zero-order valence-electron chi connectivity index (χ0n) is 11.3. The van der Waals surface area contributed by atoms with E-state index in [1.165, 1.54) is 16.9 Å². The van der Waals surface area contributed by atoms with Crippen molar-refractivity contribution in [2.75, 3.05) is 5.32 Å².